The van der Waals surface area contributed by atoms with Gasteiger partial charge in [-0.05, 0) is 72.7 Å². The van der Waals surface area contributed by atoms with Crippen LogP contribution in [0.5, 0.6) is 0 Å². The topological polar surface area (TPSA) is 30.7 Å². The van der Waals surface area contributed by atoms with Crippen molar-refractivity contribution in [1.29, 1.82) is 0 Å². The lowest BCUT2D eigenvalue weighted by Crippen LogP contribution is -2.02. The summed E-state index contributed by atoms with van der Waals surface area (Å²) in [6, 6.07) is 59.4. The average molecular weight is 678 g/mol. The van der Waals surface area contributed by atoms with Gasteiger partial charge in [-0.15, -0.1) is 11.3 Å². The monoisotopic (exact) mass is 677 g/mol. The summed E-state index contributed by atoms with van der Waals surface area (Å²) in [4.78, 5) is 11.0. The molecule has 0 N–H and O–H groups in total. The molecule has 3 nitrogen and oxygen atoms in total. The normalized spacial score (nSPS) is 12.2. The van der Waals surface area contributed by atoms with E-state index in [-0.39, 0.29) is 0 Å². The van der Waals surface area contributed by atoms with E-state index in [0.717, 1.165) is 37.9 Å². The Bertz CT molecular complexity index is 3440. The van der Waals surface area contributed by atoms with Crippen LogP contribution in [0.25, 0.3) is 113 Å². The molecular formula is C48H27N3S. The van der Waals surface area contributed by atoms with E-state index in [1.54, 1.807) is 11.3 Å². The summed E-state index contributed by atoms with van der Waals surface area (Å²) in [5.74, 6) is 0.680. The molecule has 12 aromatic rings. The number of hydrogen-bond acceptors (Lipinski definition) is 3. The molecule has 0 aliphatic heterocycles. The second-order valence-corrected chi connectivity index (χ2v) is 14.8. The first-order chi connectivity index (χ1) is 25.8. The van der Waals surface area contributed by atoms with Gasteiger partial charge in [0.05, 0.1) is 26.9 Å². The van der Waals surface area contributed by atoms with Crippen molar-refractivity contribution >= 4 is 107 Å². The highest BCUT2D eigenvalue weighted by Gasteiger charge is 2.23. The van der Waals surface area contributed by atoms with Crippen molar-refractivity contribution in [2.75, 3.05) is 0 Å². The number of benzene rings is 9. The van der Waals surface area contributed by atoms with Crippen LogP contribution in [0, 0.1) is 0 Å². The predicted octanol–water partition coefficient (Wildman–Crippen LogP) is 13.4. The molecular weight excluding hydrogens is 651 g/mol. The van der Waals surface area contributed by atoms with Crippen molar-refractivity contribution in [3.05, 3.63) is 164 Å². The van der Waals surface area contributed by atoms with Crippen LogP contribution in [0.1, 0.15) is 0 Å². The minimum Gasteiger partial charge on any atom is -0.278 e. The highest BCUT2D eigenvalue weighted by atomic mass is 32.1. The zero-order valence-electron chi connectivity index (χ0n) is 27.8. The molecule has 0 saturated heterocycles. The third-order valence-electron chi connectivity index (χ3n) is 11.0. The first-order valence-electron chi connectivity index (χ1n) is 17.7. The maximum atomic E-state index is 5.55. The van der Waals surface area contributed by atoms with Crippen molar-refractivity contribution in [3.8, 4) is 17.2 Å². The van der Waals surface area contributed by atoms with Crippen LogP contribution in [0.3, 0.4) is 0 Å². The molecule has 9 aromatic carbocycles. The van der Waals surface area contributed by atoms with Crippen LogP contribution in [-0.4, -0.2) is 14.5 Å². The number of hydrogen-bond donors (Lipinski definition) is 0. The molecule has 0 bridgehead atoms. The number of nitrogens with zero attached hydrogens (tertiary/aromatic N) is 3. The average Bonchev–Trinajstić information content (AvgIpc) is 3.76. The molecule has 0 radical (unpaired) electrons. The van der Waals surface area contributed by atoms with Gasteiger partial charge in [-0.25, -0.2) is 9.97 Å². The Kier molecular flexibility index (Phi) is 5.65. The van der Waals surface area contributed by atoms with Crippen LogP contribution in [0.4, 0.5) is 0 Å². The van der Waals surface area contributed by atoms with Crippen molar-refractivity contribution < 1.29 is 0 Å². The van der Waals surface area contributed by atoms with Gasteiger partial charge in [-0.1, -0.05) is 140 Å². The SMILES string of the molecule is c1ccc2cc(-c3nc(-n4c5ccc6ccccc6c5c5c6c7ccccc7c7ccccc7c6ccc54)nc4c3sc3ccccc34)ccc2c1. The van der Waals surface area contributed by atoms with E-state index in [1.807, 2.05) is 0 Å². The summed E-state index contributed by atoms with van der Waals surface area (Å²) in [6.45, 7) is 0. The Morgan fingerprint density at radius 1 is 0.404 bits per heavy atom. The summed E-state index contributed by atoms with van der Waals surface area (Å²) in [5, 5.41) is 16.1. The number of thiophene rings is 1. The van der Waals surface area contributed by atoms with Crippen LogP contribution in [-0.2, 0) is 0 Å². The quantitative estimate of drug-likeness (QED) is 0.171. The summed E-state index contributed by atoms with van der Waals surface area (Å²) in [7, 11) is 0. The van der Waals surface area contributed by atoms with Gasteiger partial charge in [0.15, 0.2) is 0 Å². The minimum absolute atomic E-state index is 0.680. The zero-order valence-corrected chi connectivity index (χ0v) is 28.7. The molecule has 0 aliphatic carbocycles. The lowest BCUT2D eigenvalue weighted by atomic mass is 9.91. The highest BCUT2D eigenvalue weighted by Crippen LogP contribution is 2.46. The minimum atomic E-state index is 0.680. The molecule has 0 unspecified atom stereocenters. The molecule has 4 heteroatoms. The summed E-state index contributed by atoms with van der Waals surface area (Å²) < 4.78 is 4.63. The van der Waals surface area contributed by atoms with E-state index in [2.05, 4.69) is 168 Å². The fraction of sp³-hybridized carbons (Fsp3) is 0. The van der Waals surface area contributed by atoms with E-state index in [4.69, 9.17) is 9.97 Å². The Morgan fingerprint density at radius 3 is 1.79 bits per heavy atom. The molecule has 0 amide bonds. The maximum absolute atomic E-state index is 5.55. The smallest absolute Gasteiger partial charge is 0.235 e. The van der Waals surface area contributed by atoms with Crippen LogP contribution in [0.15, 0.2) is 164 Å². The summed E-state index contributed by atoms with van der Waals surface area (Å²) in [6.07, 6.45) is 0. The second kappa shape index (κ2) is 10.5. The molecule has 0 saturated carbocycles. The predicted molar refractivity (Wildman–Crippen MR) is 222 cm³/mol. The van der Waals surface area contributed by atoms with Gasteiger partial charge in [0.25, 0.3) is 0 Å². The molecule has 52 heavy (non-hydrogen) atoms. The van der Waals surface area contributed by atoms with E-state index in [9.17, 15) is 0 Å². The van der Waals surface area contributed by atoms with E-state index in [0.29, 0.717) is 5.95 Å². The van der Waals surface area contributed by atoms with Crippen molar-refractivity contribution in [1.82, 2.24) is 14.5 Å². The van der Waals surface area contributed by atoms with Crippen molar-refractivity contribution in [2.45, 2.75) is 0 Å². The van der Waals surface area contributed by atoms with Gasteiger partial charge in [0.1, 0.15) is 0 Å². The third kappa shape index (κ3) is 3.79. The lowest BCUT2D eigenvalue weighted by molar-refractivity contribution is 1.02. The van der Waals surface area contributed by atoms with Crippen molar-refractivity contribution in [3.63, 3.8) is 0 Å². The first-order valence-corrected chi connectivity index (χ1v) is 18.5. The summed E-state index contributed by atoms with van der Waals surface area (Å²) in [5.41, 5.74) is 5.24. The maximum Gasteiger partial charge on any atom is 0.235 e. The molecule has 0 fully saturated rings. The van der Waals surface area contributed by atoms with Gasteiger partial charge in [-0.3, -0.25) is 4.57 Å². The van der Waals surface area contributed by atoms with Crippen LogP contribution >= 0.6 is 11.3 Å². The van der Waals surface area contributed by atoms with Crippen LogP contribution in [0.2, 0.25) is 0 Å². The van der Waals surface area contributed by atoms with E-state index >= 15 is 0 Å². The van der Waals surface area contributed by atoms with E-state index < -0.39 is 0 Å². The Balaban J connectivity index is 1.29. The fourth-order valence-electron chi connectivity index (χ4n) is 8.69. The zero-order chi connectivity index (χ0) is 33.9. The first kappa shape index (κ1) is 28.1. The Morgan fingerprint density at radius 2 is 0.981 bits per heavy atom. The molecule has 0 atom stereocenters. The number of aromatic nitrogens is 3. The molecule has 0 aliphatic rings. The Labute approximate surface area is 301 Å². The fourth-order valence-corrected chi connectivity index (χ4v) is 9.84. The largest absolute Gasteiger partial charge is 0.278 e. The van der Waals surface area contributed by atoms with Gasteiger partial charge in [-0.2, -0.15) is 0 Å². The van der Waals surface area contributed by atoms with Gasteiger partial charge in [0.2, 0.25) is 5.95 Å². The second-order valence-electron chi connectivity index (χ2n) is 13.7. The standard InChI is InChI=1S/C48H27N3S/c1-2-13-30-27-31(22-21-28(30)11-1)45-47-46(38-19-9-10-20-41(38)52-47)50-48(49-45)51-39-25-23-29-12-3-4-14-32(29)43(39)44-40(51)26-24-37-35-17-6-5-15-33(35)34-16-7-8-18-36(34)42(37)44/h1-27H. The summed E-state index contributed by atoms with van der Waals surface area (Å²) >= 11 is 1.77. The molecule has 3 aromatic heterocycles. The molecule has 240 valence electrons. The van der Waals surface area contributed by atoms with Crippen LogP contribution < -0.4 is 0 Å². The third-order valence-corrected chi connectivity index (χ3v) is 12.1. The Hall–Kier alpha value is -6.62. The molecule has 12 rings (SSSR count). The van der Waals surface area contributed by atoms with Gasteiger partial charge >= 0.3 is 0 Å². The van der Waals surface area contributed by atoms with Crippen molar-refractivity contribution in [2.24, 2.45) is 0 Å². The van der Waals surface area contributed by atoms with Gasteiger partial charge in [0, 0.05) is 31.8 Å². The lowest BCUT2D eigenvalue weighted by Gasteiger charge is -2.13. The molecule has 0 spiro atoms. The molecule has 3 heterocycles. The van der Waals surface area contributed by atoms with E-state index in [1.165, 1.54) is 69.3 Å². The van der Waals surface area contributed by atoms with Gasteiger partial charge < -0.3 is 0 Å². The number of fused-ring (bicyclic) bond motifs is 16. The highest BCUT2D eigenvalue weighted by molar-refractivity contribution is 7.26. The number of rotatable bonds is 2.